The Morgan fingerprint density at radius 2 is 1.83 bits per heavy atom. The number of nitrogens with one attached hydrogen (secondary N) is 1. The van der Waals surface area contributed by atoms with Gasteiger partial charge in [0.25, 0.3) is 5.09 Å². The van der Waals surface area contributed by atoms with E-state index in [1.165, 1.54) is 0 Å². The standard InChI is InChI=1S/C15H24N2O6/c1-15(2,3)16-10-12(18)11-22-14-7-5-4-6-13(14)21-8-9-23-17(19)20/h4-7,12,16,18H,8-11H2,1-3H3. The molecule has 23 heavy (non-hydrogen) atoms. The highest BCUT2D eigenvalue weighted by atomic mass is 17.0. The van der Waals surface area contributed by atoms with E-state index in [9.17, 15) is 15.2 Å². The van der Waals surface area contributed by atoms with Crippen LogP contribution in [0, 0.1) is 10.1 Å². The fraction of sp³-hybridized carbons (Fsp3) is 0.600. The third kappa shape index (κ3) is 8.84. The maximum absolute atomic E-state index is 10.1. The van der Waals surface area contributed by atoms with Crippen molar-refractivity contribution in [3.8, 4) is 11.5 Å². The van der Waals surface area contributed by atoms with Crippen molar-refractivity contribution in [3.05, 3.63) is 34.4 Å². The Labute approximate surface area is 135 Å². The Kier molecular flexibility index (Phi) is 7.56. The van der Waals surface area contributed by atoms with E-state index in [2.05, 4.69) is 10.2 Å². The van der Waals surface area contributed by atoms with Crippen molar-refractivity contribution in [1.82, 2.24) is 5.32 Å². The topological polar surface area (TPSA) is 103 Å². The summed E-state index contributed by atoms with van der Waals surface area (Å²) < 4.78 is 10.9. The minimum atomic E-state index is -0.871. The van der Waals surface area contributed by atoms with Gasteiger partial charge in [0.15, 0.2) is 11.5 Å². The van der Waals surface area contributed by atoms with Crippen molar-refractivity contribution < 1.29 is 24.5 Å². The minimum absolute atomic E-state index is 0.0233. The van der Waals surface area contributed by atoms with Crippen LogP contribution in [-0.4, -0.2) is 48.2 Å². The van der Waals surface area contributed by atoms with E-state index in [1.807, 2.05) is 20.8 Å². The molecule has 8 heteroatoms. The maximum atomic E-state index is 10.1. The van der Waals surface area contributed by atoms with Gasteiger partial charge in [0, 0.05) is 12.1 Å². The Morgan fingerprint density at radius 3 is 2.39 bits per heavy atom. The van der Waals surface area contributed by atoms with Gasteiger partial charge in [-0.1, -0.05) is 12.1 Å². The van der Waals surface area contributed by atoms with Gasteiger partial charge in [-0.05, 0) is 32.9 Å². The van der Waals surface area contributed by atoms with Crippen LogP contribution in [0.15, 0.2) is 24.3 Å². The van der Waals surface area contributed by atoms with Gasteiger partial charge in [0.05, 0.1) is 0 Å². The summed E-state index contributed by atoms with van der Waals surface area (Å²) in [7, 11) is 0. The third-order valence-electron chi connectivity index (χ3n) is 2.69. The van der Waals surface area contributed by atoms with Crippen LogP contribution in [0.3, 0.4) is 0 Å². The molecule has 1 rings (SSSR count). The normalized spacial score (nSPS) is 12.5. The second-order valence-corrected chi connectivity index (χ2v) is 5.95. The molecular formula is C15H24N2O6. The SMILES string of the molecule is CC(C)(C)NCC(O)COc1ccccc1OCCO[N+](=O)[O-]. The van der Waals surface area contributed by atoms with Gasteiger partial charge < -0.3 is 24.7 Å². The van der Waals surface area contributed by atoms with E-state index in [1.54, 1.807) is 24.3 Å². The number of aliphatic hydroxyl groups excluding tert-OH is 1. The summed E-state index contributed by atoms with van der Waals surface area (Å²) in [6, 6.07) is 6.92. The molecular weight excluding hydrogens is 304 g/mol. The number of hydrogen-bond acceptors (Lipinski definition) is 7. The molecule has 1 aromatic carbocycles. The van der Waals surface area contributed by atoms with Crippen LogP contribution in [0.1, 0.15) is 20.8 Å². The molecule has 0 aliphatic rings. The first kappa shape index (κ1) is 19.0. The molecule has 0 bridgehead atoms. The molecule has 0 radical (unpaired) electrons. The molecule has 0 saturated carbocycles. The molecule has 1 unspecified atom stereocenters. The third-order valence-corrected chi connectivity index (χ3v) is 2.69. The van der Waals surface area contributed by atoms with Crippen LogP contribution in [0.25, 0.3) is 0 Å². The predicted molar refractivity (Wildman–Crippen MR) is 84.1 cm³/mol. The van der Waals surface area contributed by atoms with Gasteiger partial charge >= 0.3 is 0 Å². The summed E-state index contributed by atoms with van der Waals surface area (Å²) in [6.45, 7) is 6.40. The number of ether oxygens (including phenoxy) is 2. The summed E-state index contributed by atoms with van der Waals surface area (Å²) in [6.07, 6.45) is -0.667. The Bertz CT molecular complexity index is 489. The Hall–Kier alpha value is -2.06. The fourth-order valence-electron chi connectivity index (χ4n) is 1.62. The number of para-hydroxylation sites is 2. The number of hydrogen-bond donors (Lipinski definition) is 2. The maximum Gasteiger partial charge on any atom is 0.294 e. The fourth-order valence-corrected chi connectivity index (χ4v) is 1.62. The molecule has 0 spiro atoms. The zero-order chi connectivity index (χ0) is 17.3. The number of benzene rings is 1. The van der Waals surface area contributed by atoms with Crippen LogP contribution in [0.5, 0.6) is 11.5 Å². The molecule has 0 amide bonds. The van der Waals surface area contributed by atoms with E-state index in [4.69, 9.17) is 9.47 Å². The van der Waals surface area contributed by atoms with Gasteiger partial charge in [0.1, 0.15) is 25.9 Å². The van der Waals surface area contributed by atoms with E-state index < -0.39 is 11.2 Å². The molecule has 1 atom stereocenters. The largest absolute Gasteiger partial charge is 0.488 e. The summed E-state index contributed by atoms with van der Waals surface area (Å²) in [5.41, 5.74) is -0.0843. The summed E-state index contributed by atoms with van der Waals surface area (Å²) in [5.74, 6) is 0.902. The highest BCUT2D eigenvalue weighted by Crippen LogP contribution is 2.26. The summed E-state index contributed by atoms with van der Waals surface area (Å²) in [4.78, 5) is 14.2. The summed E-state index contributed by atoms with van der Waals surface area (Å²) in [5, 5.41) is 22.3. The van der Waals surface area contributed by atoms with Crippen molar-refractivity contribution in [1.29, 1.82) is 0 Å². The number of nitrogens with zero attached hydrogens (tertiary/aromatic N) is 1. The zero-order valence-corrected chi connectivity index (χ0v) is 13.7. The van der Waals surface area contributed by atoms with Crippen molar-refractivity contribution >= 4 is 0 Å². The smallest absolute Gasteiger partial charge is 0.294 e. The van der Waals surface area contributed by atoms with Crippen molar-refractivity contribution in [2.45, 2.75) is 32.4 Å². The molecule has 1 aromatic rings. The van der Waals surface area contributed by atoms with Crippen LogP contribution in [0.4, 0.5) is 0 Å². The molecule has 0 aliphatic heterocycles. The van der Waals surface area contributed by atoms with E-state index in [0.717, 1.165) is 0 Å². The van der Waals surface area contributed by atoms with Crippen molar-refractivity contribution in [2.24, 2.45) is 0 Å². The van der Waals surface area contributed by atoms with Crippen molar-refractivity contribution in [2.75, 3.05) is 26.4 Å². The lowest BCUT2D eigenvalue weighted by Crippen LogP contribution is -2.42. The molecule has 130 valence electrons. The first-order valence-electron chi connectivity index (χ1n) is 7.33. The monoisotopic (exact) mass is 328 g/mol. The van der Waals surface area contributed by atoms with Gasteiger partial charge in [-0.15, -0.1) is 10.1 Å². The first-order valence-corrected chi connectivity index (χ1v) is 7.33. The minimum Gasteiger partial charge on any atom is -0.488 e. The number of aliphatic hydroxyl groups is 1. The molecule has 0 heterocycles. The van der Waals surface area contributed by atoms with Crippen LogP contribution < -0.4 is 14.8 Å². The van der Waals surface area contributed by atoms with Crippen LogP contribution in [-0.2, 0) is 4.84 Å². The van der Waals surface area contributed by atoms with Gasteiger partial charge in [0.2, 0.25) is 0 Å². The van der Waals surface area contributed by atoms with Crippen LogP contribution in [0.2, 0.25) is 0 Å². The predicted octanol–water partition coefficient (Wildman–Crippen LogP) is 1.40. The van der Waals surface area contributed by atoms with E-state index in [-0.39, 0.29) is 25.4 Å². The Morgan fingerprint density at radius 1 is 1.22 bits per heavy atom. The molecule has 2 N–H and O–H groups in total. The average molecular weight is 328 g/mol. The van der Waals surface area contributed by atoms with Crippen LogP contribution >= 0.6 is 0 Å². The second-order valence-electron chi connectivity index (χ2n) is 5.95. The first-order chi connectivity index (χ1) is 10.8. The van der Waals surface area contributed by atoms with Crippen molar-refractivity contribution in [3.63, 3.8) is 0 Å². The second kappa shape index (κ2) is 9.16. The summed E-state index contributed by atoms with van der Waals surface area (Å²) >= 11 is 0. The zero-order valence-electron chi connectivity index (χ0n) is 13.7. The lowest BCUT2D eigenvalue weighted by atomic mass is 10.1. The molecule has 0 saturated heterocycles. The molecule has 0 aromatic heterocycles. The average Bonchev–Trinajstić information content (AvgIpc) is 2.47. The Balaban J connectivity index is 2.42. The van der Waals surface area contributed by atoms with E-state index >= 15 is 0 Å². The highest BCUT2D eigenvalue weighted by Gasteiger charge is 2.13. The highest BCUT2D eigenvalue weighted by molar-refractivity contribution is 5.39. The lowest BCUT2D eigenvalue weighted by Gasteiger charge is -2.23. The molecule has 8 nitrogen and oxygen atoms in total. The molecule has 0 fully saturated rings. The lowest BCUT2D eigenvalue weighted by molar-refractivity contribution is -0.757. The van der Waals surface area contributed by atoms with Gasteiger partial charge in [-0.25, -0.2) is 0 Å². The van der Waals surface area contributed by atoms with Gasteiger partial charge in [-0.3, -0.25) is 0 Å². The quantitative estimate of drug-likeness (QED) is 0.380. The number of rotatable bonds is 10. The number of β-amino-alcohol motifs (C(OH)–C–C–N with tert-alkyl or cyclic N) is 1. The molecule has 0 aliphatic carbocycles. The van der Waals surface area contributed by atoms with Gasteiger partial charge in [-0.2, -0.15) is 0 Å². The van der Waals surface area contributed by atoms with E-state index in [0.29, 0.717) is 18.0 Å².